The van der Waals surface area contributed by atoms with E-state index in [2.05, 4.69) is 20.9 Å². The van der Waals surface area contributed by atoms with Crippen LogP contribution < -0.4 is 16.0 Å². The summed E-state index contributed by atoms with van der Waals surface area (Å²) < 4.78 is 0. The van der Waals surface area contributed by atoms with E-state index in [0.717, 1.165) is 26.9 Å². The van der Waals surface area contributed by atoms with Gasteiger partial charge in [-0.15, -0.1) is 11.8 Å². The van der Waals surface area contributed by atoms with E-state index < -0.39 is 17.1 Å². The van der Waals surface area contributed by atoms with Gasteiger partial charge in [0.2, 0.25) is 5.91 Å². The first-order valence-corrected chi connectivity index (χ1v) is 16.0. The Morgan fingerprint density at radius 3 is 2.04 bits per heavy atom. The molecular formula is C38H29ClN4O3S. The van der Waals surface area contributed by atoms with Crippen molar-refractivity contribution in [1.82, 2.24) is 10.3 Å². The average Bonchev–Trinajstić information content (AvgIpc) is 3.52. The highest BCUT2D eigenvalue weighted by atomic mass is 35.5. The van der Waals surface area contributed by atoms with Gasteiger partial charge in [-0.3, -0.25) is 14.4 Å². The van der Waals surface area contributed by atoms with Crippen molar-refractivity contribution in [2.75, 3.05) is 10.6 Å². The lowest BCUT2D eigenvalue weighted by Crippen LogP contribution is -2.30. The fraction of sp³-hybridized carbons (Fsp3) is 0.0263. The van der Waals surface area contributed by atoms with Gasteiger partial charge in [0.25, 0.3) is 11.8 Å². The number of rotatable bonds is 10. The Morgan fingerprint density at radius 1 is 0.702 bits per heavy atom. The van der Waals surface area contributed by atoms with Crippen molar-refractivity contribution in [3.05, 3.63) is 167 Å². The quantitative estimate of drug-likeness (QED) is 0.0875. The summed E-state index contributed by atoms with van der Waals surface area (Å²) in [5.74, 6) is -1.06. The normalized spacial score (nSPS) is 11.9. The zero-order valence-corrected chi connectivity index (χ0v) is 26.5. The monoisotopic (exact) mass is 656 g/mol. The first-order chi connectivity index (χ1) is 22.9. The fourth-order valence-electron chi connectivity index (χ4n) is 4.90. The highest BCUT2D eigenvalue weighted by Gasteiger charge is 2.23. The highest BCUT2D eigenvalue weighted by molar-refractivity contribution is 8.00. The Balaban J connectivity index is 1.20. The molecule has 0 aliphatic rings. The number of halogens is 1. The van der Waals surface area contributed by atoms with E-state index in [1.165, 1.54) is 11.8 Å². The number of aromatic nitrogens is 1. The molecule has 0 spiro atoms. The minimum atomic E-state index is -0.536. The van der Waals surface area contributed by atoms with Gasteiger partial charge in [-0.05, 0) is 78.4 Å². The maximum Gasteiger partial charge on any atom is 0.272 e. The van der Waals surface area contributed by atoms with Gasteiger partial charge in [0.1, 0.15) is 10.9 Å². The highest BCUT2D eigenvalue weighted by Crippen LogP contribution is 2.37. The molecule has 0 aliphatic carbocycles. The number of benzene rings is 5. The largest absolute Gasteiger partial charge is 0.361 e. The van der Waals surface area contributed by atoms with Crippen LogP contribution in [-0.4, -0.2) is 22.7 Å². The number of hydrogen-bond acceptors (Lipinski definition) is 4. The average molecular weight is 657 g/mol. The molecule has 0 radical (unpaired) electrons. The predicted molar refractivity (Wildman–Crippen MR) is 190 cm³/mol. The third kappa shape index (κ3) is 7.99. The second kappa shape index (κ2) is 14.7. The molecule has 5 aromatic carbocycles. The van der Waals surface area contributed by atoms with E-state index in [1.54, 1.807) is 72.9 Å². The number of carbonyl (C=O) groups excluding carboxylic acids is 3. The summed E-state index contributed by atoms with van der Waals surface area (Å²) in [7, 11) is 0. The molecule has 3 amide bonds. The van der Waals surface area contributed by atoms with E-state index >= 15 is 0 Å². The van der Waals surface area contributed by atoms with Crippen LogP contribution in [0.2, 0.25) is 5.02 Å². The van der Waals surface area contributed by atoms with E-state index in [0.29, 0.717) is 22.0 Å². The number of fused-ring (bicyclic) bond motifs is 1. The zero-order chi connectivity index (χ0) is 32.6. The van der Waals surface area contributed by atoms with Gasteiger partial charge in [-0.25, -0.2) is 0 Å². The number of thioether (sulfide) groups is 1. The van der Waals surface area contributed by atoms with Crippen LogP contribution in [0.15, 0.2) is 150 Å². The van der Waals surface area contributed by atoms with E-state index in [9.17, 15) is 14.4 Å². The molecule has 4 N–H and O–H groups in total. The lowest BCUT2D eigenvalue weighted by molar-refractivity contribution is -0.116. The van der Waals surface area contributed by atoms with Crippen molar-refractivity contribution in [2.45, 2.75) is 10.1 Å². The molecule has 0 saturated heterocycles. The molecule has 1 heterocycles. The minimum Gasteiger partial charge on any atom is -0.361 e. The van der Waals surface area contributed by atoms with Crippen LogP contribution in [0, 0.1) is 0 Å². The summed E-state index contributed by atoms with van der Waals surface area (Å²) in [6, 6.07) is 40.2. The summed E-state index contributed by atoms with van der Waals surface area (Å²) in [6.07, 6.45) is 3.45. The number of carbonyl (C=O) groups is 3. The van der Waals surface area contributed by atoms with Crippen LogP contribution in [-0.2, 0) is 9.59 Å². The number of para-hydroxylation sites is 1. The van der Waals surface area contributed by atoms with Crippen molar-refractivity contribution in [3.8, 4) is 0 Å². The zero-order valence-electron chi connectivity index (χ0n) is 24.9. The Kier molecular flexibility index (Phi) is 9.81. The maximum absolute atomic E-state index is 13.6. The fourth-order valence-corrected chi connectivity index (χ4v) is 6.05. The van der Waals surface area contributed by atoms with Gasteiger partial charge >= 0.3 is 0 Å². The number of hydrogen-bond donors (Lipinski definition) is 4. The molecule has 7 nitrogen and oxygen atoms in total. The number of anilines is 2. The van der Waals surface area contributed by atoms with Crippen LogP contribution in [0.3, 0.4) is 0 Å². The predicted octanol–water partition coefficient (Wildman–Crippen LogP) is 8.70. The standard InChI is InChI=1S/C38H29ClN4O3S/c39-28-15-17-29(18-16-28)42-38(46)35(25-9-3-1-4-10-25)47-31-21-19-30(20-22-31)41-37(45)34(43-36(44)26-11-5-2-6-12-26)23-27-24-40-33-14-8-7-13-32(27)33/h1-24,35,40H,(H,41,45)(H,42,46)(H,43,44)/b34-23-/t35-/m0/s1. The molecular weight excluding hydrogens is 628 g/mol. The minimum absolute atomic E-state index is 0.0880. The SMILES string of the molecule is O=C(Nc1ccc(S[C@H](C(=O)Nc2ccc(Cl)cc2)c2ccccc2)cc1)/C(=C/c1c[nH]c2ccccc12)NC(=O)c1ccccc1. The van der Waals surface area contributed by atoms with Crippen LogP contribution in [0.25, 0.3) is 17.0 Å². The molecule has 0 fully saturated rings. The van der Waals surface area contributed by atoms with E-state index in [1.807, 2.05) is 72.8 Å². The van der Waals surface area contributed by atoms with Gasteiger partial charge < -0.3 is 20.9 Å². The van der Waals surface area contributed by atoms with Gasteiger partial charge in [0.05, 0.1) is 0 Å². The van der Waals surface area contributed by atoms with Crippen molar-refractivity contribution in [3.63, 3.8) is 0 Å². The molecule has 0 saturated carbocycles. The Labute approximate surface area is 281 Å². The van der Waals surface area contributed by atoms with Crippen LogP contribution >= 0.6 is 23.4 Å². The summed E-state index contributed by atoms with van der Waals surface area (Å²) in [5.41, 5.74) is 4.22. The Morgan fingerprint density at radius 2 is 1.32 bits per heavy atom. The second-order valence-corrected chi connectivity index (χ2v) is 12.2. The lowest BCUT2D eigenvalue weighted by Gasteiger charge is -2.17. The summed E-state index contributed by atoms with van der Waals surface area (Å²) in [4.78, 5) is 44.1. The Hall–Kier alpha value is -5.57. The molecule has 9 heteroatoms. The Bertz CT molecular complexity index is 2040. The summed E-state index contributed by atoms with van der Waals surface area (Å²) >= 11 is 7.40. The van der Waals surface area contributed by atoms with E-state index in [4.69, 9.17) is 11.6 Å². The van der Waals surface area contributed by atoms with Crippen LogP contribution in [0.1, 0.15) is 26.7 Å². The molecule has 0 unspecified atom stereocenters. The summed E-state index contributed by atoms with van der Waals surface area (Å²) in [6.45, 7) is 0. The number of H-pyrrole nitrogens is 1. The molecule has 0 bridgehead atoms. The number of nitrogens with one attached hydrogen (secondary N) is 4. The van der Waals surface area contributed by atoms with Crippen LogP contribution in [0.5, 0.6) is 0 Å². The molecule has 232 valence electrons. The van der Waals surface area contributed by atoms with Crippen molar-refractivity contribution < 1.29 is 14.4 Å². The van der Waals surface area contributed by atoms with Gasteiger partial charge in [-0.2, -0.15) is 0 Å². The third-order valence-corrected chi connectivity index (χ3v) is 8.79. The smallest absolute Gasteiger partial charge is 0.272 e. The molecule has 1 atom stereocenters. The van der Waals surface area contributed by atoms with E-state index in [-0.39, 0.29) is 11.6 Å². The molecule has 47 heavy (non-hydrogen) atoms. The molecule has 6 aromatic rings. The van der Waals surface area contributed by atoms with Crippen molar-refractivity contribution in [2.24, 2.45) is 0 Å². The first kappa shape index (κ1) is 31.4. The third-order valence-electron chi connectivity index (χ3n) is 7.27. The number of aromatic amines is 1. The number of amides is 3. The van der Waals surface area contributed by atoms with Gasteiger partial charge in [-0.1, -0.05) is 78.3 Å². The summed E-state index contributed by atoms with van der Waals surface area (Å²) in [5, 5.41) is 9.63. The van der Waals surface area contributed by atoms with Crippen molar-refractivity contribution in [1.29, 1.82) is 0 Å². The lowest BCUT2D eigenvalue weighted by atomic mass is 10.1. The van der Waals surface area contributed by atoms with Crippen molar-refractivity contribution >= 4 is 69.4 Å². The van der Waals surface area contributed by atoms with Gasteiger partial charge in [0, 0.05) is 49.5 Å². The topological polar surface area (TPSA) is 103 Å². The first-order valence-electron chi connectivity index (χ1n) is 14.8. The maximum atomic E-state index is 13.6. The molecule has 1 aromatic heterocycles. The molecule has 0 aliphatic heterocycles. The molecule has 6 rings (SSSR count). The van der Waals surface area contributed by atoms with Gasteiger partial charge in [0.15, 0.2) is 0 Å². The second-order valence-electron chi connectivity index (χ2n) is 10.6. The van der Waals surface area contributed by atoms with Crippen LogP contribution in [0.4, 0.5) is 11.4 Å².